The van der Waals surface area contributed by atoms with Crippen molar-refractivity contribution in [1.29, 1.82) is 0 Å². The quantitative estimate of drug-likeness (QED) is 0.757. The van der Waals surface area contributed by atoms with E-state index in [0.717, 1.165) is 24.8 Å². The molecule has 2 amide bonds. The normalized spacial score (nSPS) is 18.4. The first-order valence-corrected chi connectivity index (χ1v) is 10.7. The summed E-state index contributed by atoms with van der Waals surface area (Å²) in [6, 6.07) is 9.83. The monoisotopic (exact) mass is 403 g/mol. The topological polar surface area (TPSA) is 61.9 Å². The number of benzene rings is 1. The predicted molar refractivity (Wildman–Crippen MR) is 116 cm³/mol. The van der Waals surface area contributed by atoms with Crippen LogP contribution in [0.25, 0.3) is 0 Å². The molecule has 2 rings (SSSR count). The first kappa shape index (κ1) is 23.2. The highest BCUT2D eigenvalue weighted by Crippen LogP contribution is 2.20. The van der Waals surface area contributed by atoms with Crippen LogP contribution in [-0.2, 0) is 16.0 Å². The minimum atomic E-state index is -0.518. The predicted octanol–water partition coefficient (Wildman–Crippen LogP) is 3.46. The van der Waals surface area contributed by atoms with Crippen LogP contribution in [0.4, 0.5) is 4.79 Å². The van der Waals surface area contributed by atoms with Gasteiger partial charge in [0, 0.05) is 25.7 Å². The maximum absolute atomic E-state index is 13.3. The number of carbonyl (C=O) groups excluding carboxylic acids is 2. The molecule has 0 aliphatic carbocycles. The van der Waals surface area contributed by atoms with E-state index >= 15 is 0 Å². The molecule has 2 atom stereocenters. The van der Waals surface area contributed by atoms with E-state index in [2.05, 4.69) is 12.2 Å². The van der Waals surface area contributed by atoms with Crippen molar-refractivity contribution < 1.29 is 14.3 Å². The van der Waals surface area contributed by atoms with E-state index in [0.29, 0.717) is 26.1 Å². The molecule has 1 aromatic rings. The number of carbonyl (C=O) groups is 2. The molecule has 6 heteroatoms. The zero-order valence-corrected chi connectivity index (χ0v) is 18.6. The van der Waals surface area contributed by atoms with Crippen LogP contribution in [0.1, 0.15) is 52.5 Å². The zero-order chi connectivity index (χ0) is 21.4. The Morgan fingerprint density at radius 3 is 2.48 bits per heavy atom. The Labute approximate surface area is 175 Å². The minimum Gasteiger partial charge on any atom is -0.444 e. The molecule has 2 unspecified atom stereocenters. The highest BCUT2D eigenvalue weighted by molar-refractivity contribution is 5.83. The second-order valence-corrected chi connectivity index (χ2v) is 8.79. The summed E-state index contributed by atoms with van der Waals surface area (Å²) in [5, 5.41) is 3.19. The van der Waals surface area contributed by atoms with E-state index in [1.54, 1.807) is 4.90 Å². The molecule has 162 valence electrons. The zero-order valence-electron chi connectivity index (χ0n) is 18.6. The fraction of sp³-hybridized carbons (Fsp3) is 0.652. The molecular formula is C23H37N3O3. The summed E-state index contributed by atoms with van der Waals surface area (Å²) in [6.45, 7) is 9.35. The molecule has 6 nitrogen and oxygen atoms in total. The second kappa shape index (κ2) is 10.6. The van der Waals surface area contributed by atoms with Crippen molar-refractivity contribution in [2.45, 2.75) is 71.1 Å². The molecule has 0 radical (unpaired) electrons. The lowest BCUT2D eigenvalue weighted by Gasteiger charge is -2.43. The van der Waals surface area contributed by atoms with Crippen LogP contribution >= 0.6 is 0 Å². The van der Waals surface area contributed by atoms with Gasteiger partial charge in [-0.2, -0.15) is 0 Å². The van der Waals surface area contributed by atoms with Crippen LogP contribution in [0.15, 0.2) is 30.3 Å². The molecule has 1 heterocycles. The number of likely N-dealkylation sites (N-methyl/N-ethyl adjacent to an activating group) is 1. The van der Waals surface area contributed by atoms with Gasteiger partial charge in [0.1, 0.15) is 5.60 Å². The van der Waals surface area contributed by atoms with Crippen molar-refractivity contribution in [3.63, 3.8) is 0 Å². The van der Waals surface area contributed by atoms with E-state index in [4.69, 9.17) is 4.74 Å². The van der Waals surface area contributed by atoms with Crippen molar-refractivity contribution in [2.24, 2.45) is 0 Å². The Balaban J connectivity index is 2.08. The summed E-state index contributed by atoms with van der Waals surface area (Å²) in [7, 11) is 1.84. The number of nitrogens with zero attached hydrogens (tertiary/aromatic N) is 2. The van der Waals surface area contributed by atoms with Gasteiger partial charge in [0.2, 0.25) is 5.91 Å². The van der Waals surface area contributed by atoms with E-state index in [-0.39, 0.29) is 24.1 Å². The van der Waals surface area contributed by atoms with Gasteiger partial charge in [-0.25, -0.2) is 4.79 Å². The van der Waals surface area contributed by atoms with Crippen LogP contribution < -0.4 is 5.32 Å². The highest BCUT2D eigenvalue weighted by atomic mass is 16.6. The summed E-state index contributed by atoms with van der Waals surface area (Å²) in [6.07, 6.45) is 3.34. The van der Waals surface area contributed by atoms with Crippen LogP contribution in [0.3, 0.4) is 0 Å². The average Bonchev–Trinajstić information content (AvgIpc) is 2.69. The molecule has 1 saturated heterocycles. The first-order chi connectivity index (χ1) is 13.7. The van der Waals surface area contributed by atoms with Gasteiger partial charge in [0.25, 0.3) is 0 Å². The molecule has 0 aromatic heterocycles. The summed E-state index contributed by atoms with van der Waals surface area (Å²) in [4.78, 5) is 29.6. The van der Waals surface area contributed by atoms with Gasteiger partial charge in [-0.15, -0.1) is 0 Å². The third kappa shape index (κ3) is 7.03. The molecule has 1 aromatic carbocycles. The number of hydrogen-bond acceptors (Lipinski definition) is 4. The van der Waals surface area contributed by atoms with Crippen molar-refractivity contribution in [2.75, 3.05) is 26.7 Å². The van der Waals surface area contributed by atoms with E-state index in [9.17, 15) is 9.59 Å². The third-order valence-electron chi connectivity index (χ3n) is 5.24. The van der Waals surface area contributed by atoms with Crippen LogP contribution in [-0.4, -0.2) is 66.2 Å². The maximum atomic E-state index is 13.3. The molecule has 1 fully saturated rings. The number of hydrogen-bond donors (Lipinski definition) is 1. The van der Waals surface area contributed by atoms with Gasteiger partial charge in [-0.05, 0) is 46.2 Å². The Kier molecular flexibility index (Phi) is 8.50. The number of nitrogens with one attached hydrogen (secondary N) is 1. The Morgan fingerprint density at radius 1 is 1.21 bits per heavy atom. The molecule has 0 saturated carbocycles. The van der Waals surface area contributed by atoms with Gasteiger partial charge in [0.15, 0.2) is 0 Å². The van der Waals surface area contributed by atoms with Gasteiger partial charge >= 0.3 is 6.09 Å². The molecule has 29 heavy (non-hydrogen) atoms. The summed E-state index contributed by atoms with van der Waals surface area (Å²) >= 11 is 0. The maximum Gasteiger partial charge on any atom is 0.410 e. The Hall–Kier alpha value is -2.08. The lowest BCUT2D eigenvalue weighted by atomic mass is 10.0. The molecule has 1 N–H and O–H groups in total. The van der Waals surface area contributed by atoms with Gasteiger partial charge in [-0.3, -0.25) is 4.79 Å². The molecule has 0 spiro atoms. The SMILES string of the molecule is CCCCC1CN(C(=O)OC(C)(C)C)CCN1C(=O)C(Cc1ccccc1)NC. The summed E-state index contributed by atoms with van der Waals surface area (Å²) in [5.41, 5.74) is 0.619. The highest BCUT2D eigenvalue weighted by Gasteiger charge is 2.36. The Morgan fingerprint density at radius 2 is 1.90 bits per heavy atom. The largest absolute Gasteiger partial charge is 0.444 e. The summed E-state index contributed by atoms with van der Waals surface area (Å²) in [5.74, 6) is 0.112. The standard InChI is InChI=1S/C23H37N3O3/c1-6-7-13-19-17-25(22(28)29-23(2,3)4)14-15-26(19)21(27)20(24-5)16-18-11-9-8-10-12-18/h8-12,19-20,24H,6-7,13-17H2,1-5H3. The first-order valence-electron chi connectivity index (χ1n) is 10.7. The molecular weight excluding hydrogens is 366 g/mol. The second-order valence-electron chi connectivity index (χ2n) is 8.79. The van der Waals surface area contributed by atoms with Crippen molar-refractivity contribution in [1.82, 2.24) is 15.1 Å². The van der Waals surface area contributed by atoms with Crippen LogP contribution in [0.2, 0.25) is 0 Å². The van der Waals surface area contributed by atoms with Crippen LogP contribution in [0.5, 0.6) is 0 Å². The molecule has 1 aliphatic heterocycles. The number of unbranched alkanes of at least 4 members (excludes halogenated alkanes) is 1. The smallest absolute Gasteiger partial charge is 0.410 e. The molecule has 1 aliphatic rings. The number of amides is 2. The van der Waals surface area contributed by atoms with Crippen molar-refractivity contribution in [3.8, 4) is 0 Å². The van der Waals surface area contributed by atoms with Gasteiger partial charge in [-0.1, -0.05) is 50.1 Å². The molecule has 0 bridgehead atoms. The average molecular weight is 404 g/mol. The van der Waals surface area contributed by atoms with Gasteiger partial charge in [0.05, 0.1) is 6.04 Å². The van der Waals surface area contributed by atoms with Crippen molar-refractivity contribution >= 4 is 12.0 Å². The van der Waals surface area contributed by atoms with E-state index in [1.165, 1.54) is 0 Å². The fourth-order valence-corrected chi connectivity index (χ4v) is 3.69. The lowest BCUT2D eigenvalue weighted by Crippen LogP contribution is -2.60. The van der Waals surface area contributed by atoms with E-state index < -0.39 is 5.60 Å². The number of rotatable bonds is 7. The lowest BCUT2D eigenvalue weighted by molar-refractivity contribution is -0.138. The van der Waals surface area contributed by atoms with Crippen molar-refractivity contribution in [3.05, 3.63) is 35.9 Å². The summed E-state index contributed by atoms with van der Waals surface area (Å²) < 4.78 is 5.54. The third-order valence-corrected chi connectivity index (χ3v) is 5.24. The van der Waals surface area contributed by atoms with E-state index in [1.807, 2.05) is 63.1 Å². The van der Waals surface area contributed by atoms with Crippen LogP contribution in [0, 0.1) is 0 Å². The number of ether oxygens (including phenoxy) is 1. The minimum absolute atomic E-state index is 0.0235. The fourth-order valence-electron chi connectivity index (χ4n) is 3.69. The Bertz CT molecular complexity index is 657. The number of piperazine rings is 1. The van der Waals surface area contributed by atoms with Gasteiger partial charge < -0.3 is 19.9 Å².